The monoisotopic (exact) mass is 292 g/mol. The Morgan fingerprint density at radius 3 is 2.47 bits per heavy atom. The molecule has 0 saturated carbocycles. The van der Waals surface area contributed by atoms with Crippen molar-refractivity contribution in [3.63, 3.8) is 0 Å². The second kappa shape index (κ2) is 3.98. The van der Waals surface area contributed by atoms with Gasteiger partial charge in [0.1, 0.15) is 0 Å². The third-order valence-corrected chi connectivity index (χ3v) is 3.57. The largest absolute Gasteiger partial charge is 0.398 e. The third kappa shape index (κ3) is 2.16. The lowest BCUT2D eigenvalue weighted by molar-refractivity contribution is 0.572. The van der Waals surface area contributed by atoms with Crippen LogP contribution in [-0.2, 0) is 5.41 Å². The maximum absolute atomic E-state index is 6.15. The van der Waals surface area contributed by atoms with E-state index in [-0.39, 0.29) is 5.41 Å². The Labute approximate surface area is 110 Å². The zero-order chi connectivity index (χ0) is 12.8. The highest BCUT2D eigenvalue weighted by atomic mass is 79.9. The van der Waals surface area contributed by atoms with E-state index in [1.54, 1.807) is 0 Å². The van der Waals surface area contributed by atoms with Gasteiger partial charge >= 0.3 is 0 Å². The van der Waals surface area contributed by atoms with E-state index in [1.165, 1.54) is 0 Å². The first kappa shape index (κ1) is 12.4. The predicted molar refractivity (Wildman–Crippen MR) is 77.3 cm³/mol. The number of halogens is 1. The van der Waals surface area contributed by atoms with Gasteiger partial charge in [0, 0.05) is 26.7 Å². The number of nitrogens with two attached hydrogens (primary N) is 1. The number of benzene rings is 1. The van der Waals surface area contributed by atoms with E-state index in [1.807, 2.05) is 12.1 Å². The second-order valence-corrected chi connectivity index (χ2v) is 6.29. The Balaban J connectivity index is 2.87. The lowest BCUT2D eigenvalue weighted by atomic mass is 9.90. The number of nitrogens with zero attached hydrogens (tertiary/aromatic N) is 1. The molecule has 17 heavy (non-hydrogen) atoms. The molecule has 1 aromatic heterocycles. The van der Waals surface area contributed by atoms with Crippen molar-refractivity contribution in [2.75, 3.05) is 5.73 Å². The van der Waals surface area contributed by atoms with Crippen molar-refractivity contribution in [2.24, 2.45) is 0 Å². The molecule has 0 aliphatic carbocycles. The van der Waals surface area contributed by atoms with Crippen LogP contribution in [0.25, 0.3) is 10.9 Å². The standard InChI is InChI=1S/C14H17BrN2/c1-8-5-6-9(15)12-10(16)7-11(14(2,3)4)17-13(8)12/h5-7H,1-4H3,(H2,16,17). The molecule has 0 fully saturated rings. The highest BCUT2D eigenvalue weighted by Crippen LogP contribution is 2.33. The van der Waals surface area contributed by atoms with Crippen LogP contribution in [0.3, 0.4) is 0 Å². The van der Waals surface area contributed by atoms with Crippen LogP contribution in [0.4, 0.5) is 5.69 Å². The van der Waals surface area contributed by atoms with Gasteiger partial charge < -0.3 is 5.73 Å². The molecular formula is C14H17BrN2. The molecule has 90 valence electrons. The minimum absolute atomic E-state index is 0.0110. The maximum atomic E-state index is 6.15. The van der Waals surface area contributed by atoms with Gasteiger partial charge in [-0.3, -0.25) is 4.98 Å². The number of anilines is 1. The van der Waals surface area contributed by atoms with Crippen molar-refractivity contribution in [1.29, 1.82) is 0 Å². The van der Waals surface area contributed by atoms with Gasteiger partial charge in [-0.05, 0) is 24.6 Å². The Bertz CT molecular complexity index is 583. The minimum atomic E-state index is 0.0110. The van der Waals surface area contributed by atoms with Gasteiger partial charge in [0.2, 0.25) is 0 Å². The number of aryl methyl sites for hydroxylation is 1. The molecule has 2 aromatic rings. The van der Waals surface area contributed by atoms with E-state index in [0.29, 0.717) is 0 Å². The molecule has 2 nitrogen and oxygen atoms in total. The molecule has 0 aliphatic rings. The summed E-state index contributed by atoms with van der Waals surface area (Å²) < 4.78 is 1.00. The molecule has 0 aliphatic heterocycles. The van der Waals surface area contributed by atoms with E-state index >= 15 is 0 Å². The van der Waals surface area contributed by atoms with Crippen molar-refractivity contribution in [1.82, 2.24) is 4.98 Å². The van der Waals surface area contributed by atoms with Crippen LogP contribution in [-0.4, -0.2) is 4.98 Å². The van der Waals surface area contributed by atoms with Crippen molar-refractivity contribution >= 4 is 32.5 Å². The van der Waals surface area contributed by atoms with Gasteiger partial charge in [0.15, 0.2) is 0 Å². The Morgan fingerprint density at radius 2 is 1.88 bits per heavy atom. The van der Waals surface area contributed by atoms with Crippen LogP contribution in [0.2, 0.25) is 0 Å². The summed E-state index contributed by atoms with van der Waals surface area (Å²) in [6.07, 6.45) is 0. The molecule has 2 N–H and O–H groups in total. The van der Waals surface area contributed by atoms with Crippen LogP contribution in [0.15, 0.2) is 22.7 Å². The topological polar surface area (TPSA) is 38.9 Å². The normalized spacial score (nSPS) is 12.1. The van der Waals surface area contributed by atoms with Gasteiger partial charge in [-0.1, -0.05) is 42.8 Å². The number of hydrogen-bond donors (Lipinski definition) is 1. The first-order chi connectivity index (χ1) is 7.80. The van der Waals surface area contributed by atoms with Crippen molar-refractivity contribution in [3.05, 3.63) is 33.9 Å². The quantitative estimate of drug-likeness (QED) is 0.791. The molecule has 0 radical (unpaired) electrons. The van der Waals surface area contributed by atoms with E-state index in [0.717, 1.165) is 32.3 Å². The summed E-state index contributed by atoms with van der Waals surface area (Å²) >= 11 is 3.54. The summed E-state index contributed by atoms with van der Waals surface area (Å²) in [4.78, 5) is 4.76. The highest BCUT2D eigenvalue weighted by molar-refractivity contribution is 9.10. The fourth-order valence-electron chi connectivity index (χ4n) is 1.85. The summed E-state index contributed by atoms with van der Waals surface area (Å²) in [7, 11) is 0. The average Bonchev–Trinajstić information content (AvgIpc) is 2.21. The third-order valence-electron chi connectivity index (χ3n) is 2.91. The van der Waals surface area contributed by atoms with E-state index in [9.17, 15) is 0 Å². The van der Waals surface area contributed by atoms with Gasteiger partial charge in [-0.2, -0.15) is 0 Å². The number of pyridine rings is 1. The molecule has 2 rings (SSSR count). The molecule has 0 unspecified atom stereocenters. The molecule has 0 amide bonds. The molecule has 0 atom stereocenters. The zero-order valence-electron chi connectivity index (χ0n) is 10.6. The highest BCUT2D eigenvalue weighted by Gasteiger charge is 2.18. The van der Waals surface area contributed by atoms with Crippen LogP contribution >= 0.6 is 15.9 Å². The second-order valence-electron chi connectivity index (χ2n) is 5.43. The summed E-state index contributed by atoms with van der Waals surface area (Å²) in [6, 6.07) is 6.06. The summed E-state index contributed by atoms with van der Waals surface area (Å²) in [5.41, 5.74) is 10.1. The molecule has 3 heteroatoms. The first-order valence-corrected chi connectivity index (χ1v) is 6.46. The van der Waals surface area contributed by atoms with Crippen molar-refractivity contribution < 1.29 is 0 Å². The fraction of sp³-hybridized carbons (Fsp3) is 0.357. The number of fused-ring (bicyclic) bond motifs is 1. The lowest BCUT2D eigenvalue weighted by Gasteiger charge is -2.20. The lowest BCUT2D eigenvalue weighted by Crippen LogP contribution is -2.14. The SMILES string of the molecule is Cc1ccc(Br)c2c(N)cc(C(C)(C)C)nc12. The predicted octanol–water partition coefficient (Wildman–Crippen LogP) is 4.19. The van der Waals surface area contributed by atoms with E-state index < -0.39 is 0 Å². The van der Waals surface area contributed by atoms with E-state index in [4.69, 9.17) is 10.7 Å². The fourth-order valence-corrected chi connectivity index (χ4v) is 2.39. The first-order valence-electron chi connectivity index (χ1n) is 5.66. The number of rotatable bonds is 0. The molecule has 0 spiro atoms. The van der Waals surface area contributed by atoms with E-state index in [2.05, 4.69) is 49.7 Å². The van der Waals surface area contributed by atoms with Gasteiger partial charge in [-0.25, -0.2) is 0 Å². The van der Waals surface area contributed by atoms with Crippen LogP contribution in [0, 0.1) is 6.92 Å². The number of hydrogen-bond acceptors (Lipinski definition) is 2. The van der Waals surface area contributed by atoms with Crippen LogP contribution < -0.4 is 5.73 Å². The maximum Gasteiger partial charge on any atom is 0.0766 e. The molecule has 1 heterocycles. The molecule has 0 saturated heterocycles. The van der Waals surface area contributed by atoms with Gasteiger partial charge in [0.25, 0.3) is 0 Å². The van der Waals surface area contributed by atoms with Crippen LogP contribution in [0.5, 0.6) is 0 Å². The Kier molecular flexibility index (Phi) is 2.90. The summed E-state index contributed by atoms with van der Waals surface area (Å²) in [5.74, 6) is 0. The molecule has 0 bridgehead atoms. The Hall–Kier alpha value is -1.09. The molecule has 1 aromatic carbocycles. The van der Waals surface area contributed by atoms with Crippen LogP contribution in [0.1, 0.15) is 32.0 Å². The number of nitrogen functional groups attached to an aromatic ring is 1. The zero-order valence-corrected chi connectivity index (χ0v) is 12.2. The minimum Gasteiger partial charge on any atom is -0.398 e. The van der Waals surface area contributed by atoms with Gasteiger partial charge in [-0.15, -0.1) is 0 Å². The van der Waals surface area contributed by atoms with Crippen molar-refractivity contribution in [3.8, 4) is 0 Å². The smallest absolute Gasteiger partial charge is 0.0766 e. The number of aromatic nitrogens is 1. The summed E-state index contributed by atoms with van der Waals surface area (Å²) in [6.45, 7) is 8.50. The Morgan fingerprint density at radius 1 is 1.24 bits per heavy atom. The average molecular weight is 293 g/mol. The summed E-state index contributed by atoms with van der Waals surface area (Å²) in [5, 5.41) is 1.01. The van der Waals surface area contributed by atoms with Crippen molar-refractivity contribution in [2.45, 2.75) is 33.1 Å². The van der Waals surface area contributed by atoms with Gasteiger partial charge in [0.05, 0.1) is 5.52 Å². The molecular weight excluding hydrogens is 276 g/mol.